The second-order valence-electron chi connectivity index (χ2n) is 3.45. The molecular weight excluding hydrogens is 224 g/mol. The Kier molecular flexibility index (Phi) is 3.06. The van der Waals surface area contributed by atoms with Gasteiger partial charge < -0.3 is 0 Å². The van der Waals surface area contributed by atoms with Crippen LogP contribution in [0.1, 0.15) is 23.8 Å². The number of hydrogen-bond acceptors (Lipinski definition) is 2. The molecule has 0 aliphatic heterocycles. The Morgan fingerprint density at radius 3 is 2.94 bits per heavy atom. The summed E-state index contributed by atoms with van der Waals surface area (Å²) in [5.74, 6) is 0.0563. The summed E-state index contributed by atoms with van der Waals surface area (Å²) >= 11 is 5.89. The fraction of sp³-hybridized carbons (Fsp3) is 0.167. The minimum atomic E-state index is 0.0563. The molecule has 0 saturated carbocycles. The lowest BCUT2D eigenvalue weighted by Crippen LogP contribution is -1.95. The molecule has 1 aromatic heterocycles. The Morgan fingerprint density at radius 1 is 1.44 bits per heavy atom. The summed E-state index contributed by atoms with van der Waals surface area (Å²) in [6, 6.07) is 9.13. The van der Waals surface area contributed by atoms with E-state index in [0.29, 0.717) is 17.1 Å². The maximum absolute atomic E-state index is 11.4. The van der Waals surface area contributed by atoms with E-state index in [4.69, 9.17) is 11.6 Å². The molecule has 1 aromatic carbocycles. The zero-order valence-corrected chi connectivity index (χ0v) is 9.58. The number of rotatable bonds is 3. The molecule has 0 unspecified atom stereocenters. The molecule has 0 amide bonds. The Morgan fingerprint density at radius 2 is 2.25 bits per heavy atom. The zero-order valence-electron chi connectivity index (χ0n) is 8.83. The molecule has 1 N–H and O–H groups in total. The minimum Gasteiger partial charge on any atom is -0.292 e. The van der Waals surface area contributed by atoms with Crippen molar-refractivity contribution < 1.29 is 4.79 Å². The molecular formula is C12H11ClN2O. The fourth-order valence-corrected chi connectivity index (χ4v) is 1.64. The van der Waals surface area contributed by atoms with Crippen LogP contribution < -0.4 is 0 Å². The lowest BCUT2D eigenvalue weighted by atomic mass is 10.1. The number of hydrogen-bond donors (Lipinski definition) is 1. The van der Waals surface area contributed by atoms with Gasteiger partial charge in [-0.2, -0.15) is 5.10 Å². The molecule has 3 nitrogen and oxygen atoms in total. The normalized spacial score (nSPS) is 10.4. The number of nitrogens with zero attached hydrogens (tertiary/aromatic N) is 1. The molecule has 2 rings (SSSR count). The quantitative estimate of drug-likeness (QED) is 0.828. The fourth-order valence-electron chi connectivity index (χ4n) is 1.45. The lowest BCUT2D eigenvalue weighted by molar-refractivity contribution is 0.0983. The van der Waals surface area contributed by atoms with Crippen molar-refractivity contribution in [1.29, 1.82) is 0 Å². The van der Waals surface area contributed by atoms with E-state index in [2.05, 4.69) is 10.2 Å². The number of nitrogens with one attached hydrogen (secondary N) is 1. The van der Waals surface area contributed by atoms with Crippen LogP contribution in [0.2, 0.25) is 5.02 Å². The Bertz CT molecular complexity index is 519. The number of Topliss-reactive ketones (excluding diaryl/α,β-unsaturated/α-hetero) is 1. The van der Waals surface area contributed by atoms with Gasteiger partial charge in [0.05, 0.1) is 5.69 Å². The summed E-state index contributed by atoms with van der Waals surface area (Å²) in [5, 5.41) is 7.48. The van der Waals surface area contributed by atoms with E-state index < -0.39 is 0 Å². The van der Waals surface area contributed by atoms with Crippen LogP contribution in [0.15, 0.2) is 30.3 Å². The maximum Gasteiger partial charge on any atom is 0.180 e. The van der Waals surface area contributed by atoms with Crippen molar-refractivity contribution in [2.75, 3.05) is 0 Å². The van der Waals surface area contributed by atoms with Gasteiger partial charge in [-0.1, -0.05) is 30.7 Å². The lowest BCUT2D eigenvalue weighted by Gasteiger charge is -1.95. The van der Waals surface area contributed by atoms with Crippen LogP contribution in [0, 0.1) is 0 Å². The SMILES string of the molecule is CCC(=O)c1cc(-c2cccc(Cl)c2)n[nH]1. The van der Waals surface area contributed by atoms with Crippen molar-refractivity contribution in [2.24, 2.45) is 0 Å². The monoisotopic (exact) mass is 234 g/mol. The second-order valence-corrected chi connectivity index (χ2v) is 3.89. The van der Waals surface area contributed by atoms with Gasteiger partial charge in [-0.05, 0) is 18.2 Å². The third-order valence-electron chi connectivity index (χ3n) is 2.32. The molecule has 0 fully saturated rings. The first kappa shape index (κ1) is 10.9. The van der Waals surface area contributed by atoms with E-state index in [1.165, 1.54) is 0 Å². The number of carbonyl (C=O) groups is 1. The summed E-state index contributed by atoms with van der Waals surface area (Å²) < 4.78 is 0. The van der Waals surface area contributed by atoms with Crippen LogP contribution >= 0.6 is 11.6 Å². The first-order valence-electron chi connectivity index (χ1n) is 5.05. The van der Waals surface area contributed by atoms with Gasteiger partial charge in [0.1, 0.15) is 5.69 Å². The van der Waals surface area contributed by atoms with Gasteiger partial charge in [0.2, 0.25) is 0 Å². The van der Waals surface area contributed by atoms with Gasteiger partial charge in [0.25, 0.3) is 0 Å². The largest absolute Gasteiger partial charge is 0.292 e. The van der Waals surface area contributed by atoms with Gasteiger partial charge in [-0.3, -0.25) is 9.89 Å². The number of aromatic nitrogens is 2. The molecule has 82 valence electrons. The third kappa shape index (κ3) is 2.14. The molecule has 0 aliphatic rings. The maximum atomic E-state index is 11.4. The predicted octanol–water partition coefficient (Wildman–Crippen LogP) is 3.32. The van der Waals surface area contributed by atoms with Crippen molar-refractivity contribution in [2.45, 2.75) is 13.3 Å². The first-order chi connectivity index (χ1) is 7.70. The molecule has 0 saturated heterocycles. The highest BCUT2D eigenvalue weighted by Crippen LogP contribution is 2.21. The van der Waals surface area contributed by atoms with E-state index in [1.807, 2.05) is 25.1 Å². The van der Waals surface area contributed by atoms with E-state index in [9.17, 15) is 4.79 Å². The Hall–Kier alpha value is -1.61. The molecule has 4 heteroatoms. The second kappa shape index (κ2) is 4.49. The van der Waals surface area contributed by atoms with E-state index in [0.717, 1.165) is 11.3 Å². The van der Waals surface area contributed by atoms with Crippen molar-refractivity contribution in [3.63, 3.8) is 0 Å². The van der Waals surface area contributed by atoms with Gasteiger partial charge in [-0.25, -0.2) is 0 Å². The van der Waals surface area contributed by atoms with Gasteiger partial charge in [0, 0.05) is 17.0 Å². The molecule has 0 atom stereocenters. The molecule has 0 spiro atoms. The van der Waals surface area contributed by atoms with Crippen LogP contribution in [0.4, 0.5) is 0 Å². The van der Waals surface area contributed by atoms with E-state index >= 15 is 0 Å². The number of halogens is 1. The average Bonchev–Trinajstić information content (AvgIpc) is 2.77. The van der Waals surface area contributed by atoms with Crippen LogP contribution in [-0.2, 0) is 0 Å². The van der Waals surface area contributed by atoms with Crippen LogP contribution in [-0.4, -0.2) is 16.0 Å². The van der Waals surface area contributed by atoms with E-state index in [-0.39, 0.29) is 5.78 Å². The predicted molar refractivity (Wildman–Crippen MR) is 63.7 cm³/mol. The standard InChI is InChI=1S/C12H11ClN2O/c1-2-12(16)11-7-10(14-15-11)8-4-3-5-9(13)6-8/h3-7H,2H2,1H3,(H,14,15). The van der Waals surface area contributed by atoms with Gasteiger partial charge >= 0.3 is 0 Å². The van der Waals surface area contributed by atoms with Crippen molar-refractivity contribution in [3.8, 4) is 11.3 Å². The average molecular weight is 235 g/mol. The summed E-state index contributed by atoms with van der Waals surface area (Å²) in [6.45, 7) is 1.82. The minimum absolute atomic E-state index is 0.0563. The van der Waals surface area contributed by atoms with E-state index in [1.54, 1.807) is 12.1 Å². The van der Waals surface area contributed by atoms with Crippen LogP contribution in [0.5, 0.6) is 0 Å². The van der Waals surface area contributed by atoms with Crippen molar-refractivity contribution in [1.82, 2.24) is 10.2 Å². The highest BCUT2D eigenvalue weighted by molar-refractivity contribution is 6.30. The Balaban J connectivity index is 2.35. The number of benzene rings is 1. The summed E-state index contributed by atoms with van der Waals surface area (Å²) in [6.07, 6.45) is 0.469. The number of carbonyl (C=O) groups excluding carboxylic acids is 1. The molecule has 0 bridgehead atoms. The molecule has 1 heterocycles. The van der Waals surface area contributed by atoms with Crippen molar-refractivity contribution in [3.05, 3.63) is 41.0 Å². The smallest absolute Gasteiger partial charge is 0.180 e. The molecule has 0 aliphatic carbocycles. The topological polar surface area (TPSA) is 45.8 Å². The number of ketones is 1. The highest BCUT2D eigenvalue weighted by atomic mass is 35.5. The van der Waals surface area contributed by atoms with Crippen molar-refractivity contribution >= 4 is 17.4 Å². The van der Waals surface area contributed by atoms with Gasteiger partial charge in [-0.15, -0.1) is 0 Å². The van der Waals surface area contributed by atoms with Crippen LogP contribution in [0.3, 0.4) is 0 Å². The Labute approximate surface area is 98.4 Å². The molecule has 16 heavy (non-hydrogen) atoms. The summed E-state index contributed by atoms with van der Waals surface area (Å²) in [7, 11) is 0. The third-order valence-corrected chi connectivity index (χ3v) is 2.55. The molecule has 2 aromatic rings. The zero-order chi connectivity index (χ0) is 11.5. The van der Waals surface area contributed by atoms with Gasteiger partial charge in [0.15, 0.2) is 5.78 Å². The summed E-state index contributed by atoms with van der Waals surface area (Å²) in [4.78, 5) is 11.4. The number of aromatic amines is 1. The highest BCUT2D eigenvalue weighted by Gasteiger charge is 2.09. The number of H-pyrrole nitrogens is 1. The summed E-state index contributed by atoms with van der Waals surface area (Å²) in [5.41, 5.74) is 2.18. The first-order valence-corrected chi connectivity index (χ1v) is 5.43. The van der Waals surface area contributed by atoms with Crippen LogP contribution in [0.25, 0.3) is 11.3 Å². The molecule has 0 radical (unpaired) electrons.